The van der Waals surface area contributed by atoms with E-state index in [1.807, 2.05) is 36.4 Å². The van der Waals surface area contributed by atoms with Gasteiger partial charge in [0.25, 0.3) is 0 Å². The number of para-hydroxylation sites is 1. The second-order valence-electron chi connectivity index (χ2n) is 7.81. The number of fused-ring (bicyclic) bond motifs is 1. The Balaban J connectivity index is 0.00000320. The Bertz CT molecular complexity index is 855. The highest BCUT2D eigenvalue weighted by Gasteiger charge is 2.33. The predicted molar refractivity (Wildman–Crippen MR) is 132 cm³/mol. The van der Waals surface area contributed by atoms with E-state index in [2.05, 4.69) is 53.0 Å². The highest BCUT2D eigenvalue weighted by atomic mass is 127. The second-order valence-corrected chi connectivity index (χ2v) is 7.81. The number of nitrogens with one attached hydrogen (secondary N) is 3. The molecular weight excluding hydrogens is 491 g/mol. The molecule has 1 atom stereocenters. The van der Waals surface area contributed by atoms with Gasteiger partial charge in [0.15, 0.2) is 5.96 Å². The van der Waals surface area contributed by atoms with Crippen LogP contribution in [0.1, 0.15) is 37.4 Å². The van der Waals surface area contributed by atoms with E-state index in [1.165, 1.54) is 5.56 Å². The van der Waals surface area contributed by atoms with Gasteiger partial charge in [-0.3, -0.25) is 9.79 Å². The minimum atomic E-state index is -0.278. The summed E-state index contributed by atoms with van der Waals surface area (Å²) in [5.74, 6) is 1.42. The molecule has 3 N–H and O–H groups in total. The van der Waals surface area contributed by atoms with Crippen molar-refractivity contribution in [2.24, 2.45) is 4.99 Å². The van der Waals surface area contributed by atoms with Crippen LogP contribution in [0, 0.1) is 0 Å². The maximum Gasteiger partial charge on any atom is 0.239 e. The van der Waals surface area contributed by atoms with Crippen LogP contribution in [0.4, 0.5) is 0 Å². The predicted octanol–water partition coefficient (Wildman–Crippen LogP) is 3.43. The topological polar surface area (TPSA) is 74.8 Å². The molecule has 1 aliphatic heterocycles. The molecule has 0 spiro atoms. The van der Waals surface area contributed by atoms with E-state index >= 15 is 0 Å². The number of benzene rings is 2. The standard InChI is InChI=1S/C23H30N4O2.HI/c1-23(2)15-19(18-11-7-8-12-20(18)29-23)27-22(24-3)26-16-21(28)25-14-13-17-9-5-4-6-10-17;/h4-12,19H,13-16H2,1-3H3,(H,25,28)(H2,24,26,27);1H. The fraction of sp³-hybridized carbons (Fsp3) is 0.391. The first-order valence-electron chi connectivity index (χ1n) is 10.0. The molecule has 0 saturated heterocycles. The van der Waals surface area contributed by atoms with E-state index in [9.17, 15) is 4.79 Å². The first-order chi connectivity index (χ1) is 14.0. The zero-order valence-electron chi connectivity index (χ0n) is 17.8. The van der Waals surface area contributed by atoms with Crippen LogP contribution in [-0.4, -0.2) is 37.6 Å². The van der Waals surface area contributed by atoms with Crippen LogP contribution in [0.15, 0.2) is 59.6 Å². The Hall–Kier alpha value is -2.29. The number of rotatable bonds is 6. The molecule has 0 bridgehead atoms. The number of aliphatic imine (C=N–C) groups is 1. The zero-order valence-corrected chi connectivity index (χ0v) is 20.1. The molecule has 0 aliphatic carbocycles. The van der Waals surface area contributed by atoms with E-state index in [4.69, 9.17) is 4.74 Å². The average Bonchev–Trinajstić information content (AvgIpc) is 2.71. The maximum absolute atomic E-state index is 12.2. The third-order valence-electron chi connectivity index (χ3n) is 4.91. The third-order valence-corrected chi connectivity index (χ3v) is 4.91. The average molecular weight is 522 g/mol. The van der Waals surface area contributed by atoms with Crippen molar-refractivity contribution < 1.29 is 9.53 Å². The fourth-order valence-electron chi connectivity index (χ4n) is 3.51. The highest BCUT2D eigenvalue weighted by molar-refractivity contribution is 14.0. The Morgan fingerprint density at radius 2 is 1.80 bits per heavy atom. The van der Waals surface area contributed by atoms with Crippen LogP contribution in [-0.2, 0) is 11.2 Å². The molecule has 1 unspecified atom stereocenters. The summed E-state index contributed by atoms with van der Waals surface area (Å²) in [5.41, 5.74) is 2.03. The Morgan fingerprint density at radius 1 is 1.10 bits per heavy atom. The molecular formula is C23H31IN4O2. The van der Waals surface area contributed by atoms with Gasteiger partial charge in [-0.15, -0.1) is 24.0 Å². The van der Waals surface area contributed by atoms with Crippen molar-refractivity contribution in [2.45, 2.75) is 38.3 Å². The normalized spacial score (nSPS) is 17.0. The van der Waals surface area contributed by atoms with Gasteiger partial charge in [0.1, 0.15) is 11.4 Å². The summed E-state index contributed by atoms with van der Waals surface area (Å²) in [4.78, 5) is 16.4. The molecule has 1 amide bonds. The van der Waals surface area contributed by atoms with E-state index in [1.54, 1.807) is 7.05 Å². The first-order valence-corrected chi connectivity index (χ1v) is 10.0. The van der Waals surface area contributed by atoms with Crippen molar-refractivity contribution in [3.8, 4) is 5.75 Å². The molecule has 162 valence electrons. The van der Waals surface area contributed by atoms with E-state index in [0.29, 0.717) is 12.5 Å². The minimum absolute atomic E-state index is 0. The monoisotopic (exact) mass is 522 g/mol. The van der Waals surface area contributed by atoms with Gasteiger partial charge >= 0.3 is 0 Å². The fourth-order valence-corrected chi connectivity index (χ4v) is 3.51. The number of ether oxygens (including phenoxy) is 1. The van der Waals surface area contributed by atoms with Gasteiger partial charge in [0.05, 0.1) is 12.6 Å². The molecule has 7 heteroatoms. The lowest BCUT2D eigenvalue weighted by Crippen LogP contribution is -2.47. The smallest absolute Gasteiger partial charge is 0.239 e. The second kappa shape index (κ2) is 11.2. The number of guanidine groups is 1. The van der Waals surface area contributed by atoms with Crippen molar-refractivity contribution in [3.05, 3.63) is 65.7 Å². The van der Waals surface area contributed by atoms with Gasteiger partial charge in [-0.1, -0.05) is 48.5 Å². The molecule has 1 aliphatic rings. The van der Waals surface area contributed by atoms with Gasteiger partial charge in [-0.05, 0) is 31.9 Å². The number of halogens is 1. The van der Waals surface area contributed by atoms with Crippen LogP contribution >= 0.6 is 24.0 Å². The summed E-state index contributed by atoms with van der Waals surface area (Å²) >= 11 is 0. The Kier molecular flexibility index (Phi) is 8.95. The van der Waals surface area contributed by atoms with Crippen LogP contribution in [0.5, 0.6) is 5.75 Å². The molecule has 30 heavy (non-hydrogen) atoms. The number of hydrogen-bond acceptors (Lipinski definition) is 3. The largest absolute Gasteiger partial charge is 0.487 e. The van der Waals surface area contributed by atoms with E-state index < -0.39 is 0 Å². The third kappa shape index (κ3) is 6.90. The molecule has 6 nitrogen and oxygen atoms in total. The van der Waals surface area contributed by atoms with Gasteiger partial charge in [0.2, 0.25) is 5.91 Å². The quantitative estimate of drug-likeness (QED) is 0.309. The number of carbonyl (C=O) groups is 1. The summed E-state index contributed by atoms with van der Waals surface area (Å²) in [7, 11) is 1.71. The van der Waals surface area contributed by atoms with Crippen LogP contribution in [0.2, 0.25) is 0 Å². The molecule has 2 aromatic rings. The molecule has 3 rings (SSSR count). The number of amides is 1. The molecule has 0 aromatic heterocycles. The summed E-state index contributed by atoms with van der Waals surface area (Å²) in [5, 5.41) is 9.48. The molecule has 2 aromatic carbocycles. The maximum atomic E-state index is 12.2. The van der Waals surface area contributed by atoms with Crippen LogP contribution in [0.25, 0.3) is 0 Å². The zero-order chi connectivity index (χ0) is 20.7. The van der Waals surface area contributed by atoms with Gasteiger partial charge in [-0.2, -0.15) is 0 Å². The Labute approximate surface area is 195 Å². The molecule has 0 saturated carbocycles. The molecule has 0 radical (unpaired) electrons. The summed E-state index contributed by atoms with van der Waals surface area (Å²) in [6, 6.07) is 18.2. The summed E-state index contributed by atoms with van der Waals surface area (Å²) < 4.78 is 6.08. The molecule has 1 heterocycles. The lowest BCUT2D eigenvalue weighted by atomic mass is 9.90. The lowest BCUT2D eigenvalue weighted by molar-refractivity contribution is -0.119. The minimum Gasteiger partial charge on any atom is -0.487 e. The number of carbonyl (C=O) groups excluding carboxylic acids is 1. The van der Waals surface area contributed by atoms with Crippen molar-refractivity contribution >= 4 is 35.8 Å². The number of hydrogen-bond donors (Lipinski definition) is 3. The van der Waals surface area contributed by atoms with Crippen LogP contribution < -0.4 is 20.7 Å². The highest BCUT2D eigenvalue weighted by Crippen LogP contribution is 2.39. The van der Waals surface area contributed by atoms with Crippen molar-refractivity contribution in [1.29, 1.82) is 0 Å². The SMILES string of the molecule is CN=C(NCC(=O)NCCc1ccccc1)NC1CC(C)(C)Oc2ccccc21.I. The first kappa shape index (κ1) is 24.0. The summed E-state index contributed by atoms with van der Waals surface area (Å²) in [6.07, 6.45) is 1.61. The van der Waals surface area contributed by atoms with E-state index in [-0.39, 0.29) is 48.1 Å². The van der Waals surface area contributed by atoms with E-state index in [0.717, 1.165) is 24.2 Å². The van der Waals surface area contributed by atoms with Crippen molar-refractivity contribution in [2.75, 3.05) is 20.1 Å². The number of nitrogens with zero attached hydrogens (tertiary/aromatic N) is 1. The van der Waals surface area contributed by atoms with Gasteiger partial charge in [0, 0.05) is 25.6 Å². The lowest BCUT2D eigenvalue weighted by Gasteiger charge is -2.38. The van der Waals surface area contributed by atoms with Gasteiger partial charge < -0.3 is 20.7 Å². The van der Waals surface area contributed by atoms with Crippen molar-refractivity contribution in [1.82, 2.24) is 16.0 Å². The van der Waals surface area contributed by atoms with Crippen LogP contribution in [0.3, 0.4) is 0 Å². The molecule has 0 fully saturated rings. The van der Waals surface area contributed by atoms with Gasteiger partial charge in [-0.25, -0.2) is 0 Å². The van der Waals surface area contributed by atoms with Crippen molar-refractivity contribution in [3.63, 3.8) is 0 Å². The summed E-state index contributed by atoms with van der Waals surface area (Å²) in [6.45, 7) is 4.93. The Morgan fingerprint density at radius 3 is 2.53 bits per heavy atom.